The Morgan fingerprint density at radius 3 is 2.33 bits per heavy atom. The lowest BCUT2D eigenvalue weighted by Gasteiger charge is -2.05. The number of hydrogen-bond acceptors (Lipinski definition) is 5. The molecule has 0 spiro atoms. The van der Waals surface area contributed by atoms with Crippen molar-refractivity contribution in [2.75, 3.05) is 0 Å². The van der Waals surface area contributed by atoms with Crippen molar-refractivity contribution in [3.8, 4) is 0 Å². The summed E-state index contributed by atoms with van der Waals surface area (Å²) in [6.07, 6.45) is 4.40. The van der Waals surface area contributed by atoms with Crippen LogP contribution in [0.3, 0.4) is 0 Å². The van der Waals surface area contributed by atoms with Crippen LogP contribution in [0.4, 0.5) is 0 Å². The summed E-state index contributed by atoms with van der Waals surface area (Å²) >= 11 is 0. The van der Waals surface area contributed by atoms with Crippen LogP contribution in [0.1, 0.15) is 11.1 Å². The number of hydrogen-bond donors (Lipinski definition) is 0. The van der Waals surface area contributed by atoms with Crippen molar-refractivity contribution in [2.45, 2.75) is 18.4 Å². The molecule has 1 heterocycles. The van der Waals surface area contributed by atoms with Crippen LogP contribution in [0.25, 0.3) is 0 Å². The summed E-state index contributed by atoms with van der Waals surface area (Å²) < 4.78 is 28.6. The van der Waals surface area contributed by atoms with E-state index in [2.05, 4.69) is 9.97 Å². The van der Waals surface area contributed by atoms with Gasteiger partial charge in [-0.15, -0.1) is 0 Å². The number of rotatable bonds is 4. The van der Waals surface area contributed by atoms with E-state index in [0.29, 0.717) is 5.56 Å². The van der Waals surface area contributed by atoms with Crippen LogP contribution in [0.5, 0.6) is 0 Å². The summed E-state index contributed by atoms with van der Waals surface area (Å²) in [5, 5.41) is 0. The summed E-state index contributed by atoms with van der Waals surface area (Å²) in [4.78, 5) is 7.71. The molecule has 0 atom stereocenters. The topological polar surface area (TPSA) is 69.2 Å². The fourth-order valence-electron chi connectivity index (χ4n) is 1.32. The molecular weight excluding hydrogens is 252 g/mol. The van der Waals surface area contributed by atoms with Crippen LogP contribution in [0.15, 0.2) is 47.9 Å². The molecule has 0 aliphatic carbocycles. The summed E-state index contributed by atoms with van der Waals surface area (Å²) in [5.41, 5.74) is 1.60. The third-order valence-corrected chi connectivity index (χ3v) is 3.58. The zero-order valence-electron chi connectivity index (χ0n) is 9.78. The Labute approximate surface area is 106 Å². The van der Waals surface area contributed by atoms with E-state index in [4.69, 9.17) is 4.18 Å². The summed E-state index contributed by atoms with van der Waals surface area (Å²) in [7, 11) is -3.73. The molecule has 0 fully saturated rings. The van der Waals surface area contributed by atoms with E-state index in [1.54, 1.807) is 12.1 Å². The van der Waals surface area contributed by atoms with Gasteiger partial charge in [-0.2, -0.15) is 8.42 Å². The Morgan fingerprint density at radius 1 is 1.11 bits per heavy atom. The van der Waals surface area contributed by atoms with Gasteiger partial charge in [-0.05, 0) is 19.1 Å². The molecule has 18 heavy (non-hydrogen) atoms. The molecule has 5 nitrogen and oxygen atoms in total. The molecule has 0 saturated carbocycles. The van der Waals surface area contributed by atoms with Gasteiger partial charge in [-0.1, -0.05) is 17.7 Å². The zero-order valence-corrected chi connectivity index (χ0v) is 10.6. The smallest absolute Gasteiger partial charge is 0.261 e. The minimum atomic E-state index is -3.73. The molecule has 0 N–H and O–H groups in total. The molecule has 6 heteroatoms. The Morgan fingerprint density at radius 2 is 1.72 bits per heavy atom. The van der Waals surface area contributed by atoms with E-state index in [9.17, 15) is 8.42 Å². The lowest BCUT2D eigenvalue weighted by molar-refractivity contribution is 0.307. The van der Waals surface area contributed by atoms with Gasteiger partial charge in [0.05, 0.1) is 11.5 Å². The van der Waals surface area contributed by atoms with Gasteiger partial charge in [0, 0.05) is 18.0 Å². The first-order valence-electron chi connectivity index (χ1n) is 5.28. The Bertz CT molecular complexity index is 610. The monoisotopic (exact) mass is 264 g/mol. The maximum Gasteiger partial charge on any atom is 0.297 e. The average Bonchev–Trinajstić information content (AvgIpc) is 2.38. The molecular formula is C12H12N2O3S. The van der Waals surface area contributed by atoms with Crippen molar-refractivity contribution >= 4 is 10.1 Å². The molecule has 1 aromatic heterocycles. The SMILES string of the molecule is Cc1ccc(S(=O)(=O)OCc2cncnc2)cc1. The molecule has 0 amide bonds. The van der Waals surface area contributed by atoms with Gasteiger partial charge in [0.1, 0.15) is 6.33 Å². The van der Waals surface area contributed by atoms with Crippen molar-refractivity contribution < 1.29 is 12.6 Å². The lowest BCUT2D eigenvalue weighted by atomic mass is 10.2. The maximum atomic E-state index is 11.9. The largest absolute Gasteiger partial charge is 0.297 e. The molecule has 2 rings (SSSR count). The van der Waals surface area contributed by atoms with Gasteiger partial charge in [0.15, 0.2) is 0 Å². The van der Waals surface area contributed by atoms with Crippen molar-refractivity contribution in [1.29, 1.82) is 0 Å². The van der Waals surface area contributed by atoms with E-state index in [1.807, 2.05) is 6.92 Å². The molecule has 0 radical (unpaired) electrons. The second-order valence-electron chi connectivity index (χ2n) is 3.78. The minimum Gasteiger partial charge on any atom is -0.261 e. The molecule has 0 aliphatic heterocycles. The van der Waals surface area contributed by atoms with Crippen molar-refractivity contribution in [2.24, 2.45) is 0 Å². The fraction of sp³-hybridized carbons (Fsp3) is 0.167. The standard InChI is InChI=1S/C12H12N2O3S/c1-10-2-4-12(5-3-10)18(15,16)17-8-11-6-13-9-14-7-11/h2-7,9H,8H2,1H3. The van der Waals surface area contributed by atoms with Gasteiger partial charge in [0.25, 0.3) is 10.1 Å². The highest BCUT2D eigenvalue weighted by Crippen LogP contribution is 2.14. The second kappa shape index (κ2) is 5.24. The quantitative estimate of drug-likeness (QED) is 0.786. The Hall–Kier alpha value is -1.79. The minimum absolute atomic E-state index is 0.0724. The van der Waals surface area contributed by atoms with Gasteiger partial charge >= 0.3 is 0 Å². The second-order valence-corrected chi connectivity index (χ2v) is 5.39. The maximum absolute atomic E-state index is 11.9. The molecule has 2 aromatic rings. The number of aryl methyl sites for hydroxylation is 1. The van der Waals surface area contributed by atoms with Crippen LogP contribution in [0.2, 0.25) is 0 Å². The van der Waals surface area contributed by atoms with Crippen molar-refractivity contribution in [3.63, 3.8) is 0 Å². The third-order valence-electron chi connectivity index (χ3n) is 2.30. The van der Waals surface area contributed by atoms with Crippen molar-refractivity contribution in [3.05, 3.63) is 54.1 Å². The summed E-state index contributed by atoms with van der Waals surface area (Å²) in [6.45, 7) is 1.82. The molecule has 0 aliphatic rings. The zero-order chi connectivity index (χ0) is 13.0. The van der Waals surface area contributed by atoms with E-state index in [0.717, 1.165) is 5.56 Å². The van der Waals surface area contributed by atoms with E-state index >= 15 is 0 Å². The van der Waals surface area contributed by atoms with Crippen LogP contribution >= 0.6 is 0 Å². The lowest BCUT2D eigenvalue weighted by Crippen LogP contribution is -2.06. The van der Waals surface area contributed by atoms with Crippen LogP contribution in [-0.4, -0.2) is 18.4 Å². The van der Waals surface area contributed by atoms with Crippen LogP contribution < -0.4 is 0 Å². The van der Waals surface area contributed by atoms with Gasteiger partial charge in [-0.25, -0.2) is 9.97 Å². The van der Waals surface area contributed by atoms with Gasteiger partial charge in [-0.3, -0.25) is 4.18 Å². The normalized spacial score (nSPS) is 11.4. The van der Waals surface area contributed by atoms with E-state index in [1.165, 1.54) is 30.9 Å². The molecule has 0 bridgehead atoms. The Balaban J connectivity index is 2.11. The van der Waals surface area contributed by atoms with E-state index < -0.39 is 10.1 Å². The Kier molecular flexibility index (Phi) is 3.69. The number of nitrogens with zero attached hydrogens (tertiary/aromatic N) is 2. The van der Waals surface area contributed by atoms with E-state index in [-0.39, 0.29) is 11.5 Å². The summed E-state index contributed by atoms with van der Waals surface area (Å²) in [5.74, 6) is 0. The van der Waals surface area contributed by atoms with Gasteiger partial charge < -0.3 is 0 Å². The van der Waals surface area contributed by atoms with Crippen molar-refractivity contribution in [1.82, 2.24) is 9.97 Å². The van der Waals surface area contributed by atoms with Crippen LogP contribution in [-0.2, 0) is 20.9 Å². The molecule has 94 valence electrons. The number of benzene rings is 1. The highest BCUT2D eigenvalue weighted by atomic mass is 32.2. The fourth-order valence-corrected chi connectivity index (χ4v) is 2.22. The molecule has 0 unspecified atom stereocenters. The number of aromatic nitrogens is 2. The third kappa shape index (κ3) is 3.12. The van der Waals surface area contributed by atoms with Gasteiger partial charge in [0.2, 0.25) is 0 Å². The predicted octanol–water partition coefficient (Wildman–Crippen LogP) is 1.69. The highest BCUT2D eigenvalue weighted by Gasteiger charge is 2.14. The first-order valence-corrected chi connectivity index (χ1v) is 6.69. The highest BCUT2D eigenvalue weighted by molar-refractivity contribution is 7.86. The van der Waals surface area contributed by atoms with Crippen LogP contribution in [0, 0.1) is 6.92 Å². The molecule has 1 aromatic carbocycles. The average molecular weight is 264 g/mol. The first kappa shape index (κ1) is 12.7. The molecule has 0 saturated heterocycles. The first-order chi connectivity index (χ1) is 8.58. The predicted molar refractivity (Wildman–Crippen MR) is 65.2 cm³/mol. The summed E-state index contributed by atoms with van der Waals surface area (Å²) in [6, 6.07) is 6.49.